The Morgan fingerprint density at radius 2 is 2.00 bits per heavy atom. The molecule has 2 aliphatic rings. The minimum absolute atomic E-state index is 0.889. The second kappa shape index (κ2) is 1.72. The zero-order chi connectivity index (χ0) is 6.43. The highest BCUT2D eigenvalue weighted by Gasteiger charge is 2.46. The lowest BCUT2D eigenvalue weighted by Crippen LogP contribution is -2.50. The van der Waals surface area contributed by atoms with Crippen molar-refractivity contribution in [3.05, 3.63) is 0 Å². The van der Waals surface area contributed by atoms with Gasteiger partial charge in [-0.25, -0.2) is 0 Å². The van der Waals surface area contributed by atoms with E-state index in [4.69, 9.17) is 0 Å². The SMILES string of the molecule is CC1C(C)C2NCCC12. The zero-order valence-electron chi connectivity index (χ0n) is 6.22. The van der Waals surface area contributed by atoms with Crippen LogP contribution in [0.3, 0.4) is 0 Å². The first kappa shape index (κ1) is 5.72. The quantitative estimate of drug-likeness (QED) is 0.514. The maximum atomic E-state index is 3.54. The molecule has 52 valence electrons. The van der Waals surface area contributed by atoms with Crippen molar-refractivity contribution in [2.45, 2.75) is 26.3 Å². The molecule has 2 fully saturated rings. The molecule has 1 N–H and O–H groups in total. The van der Waals surface area contributed by atoms with Crippen molar-refractivity contribution >= 4 is 0 Å². The number of hydrogen-bond acceptors (Lipinski definition) is 1. The highest BCUT2D eigenvalue weighted by molar-refractivity contribution is 5.01. The van der Waals surface area contributed by atoms with Gasteiger partial charge >= 0.3 is 0 Å². The summed E-state index contributed by atoms with van der Waals surface area (Å²) in [7, 11) is 0. The third-order valence-corrected chi connectivity index (χ3v) is 3.39. The van der Waals surface area contributed by atoms with Crippen molar-refractivity contribution < 1.29 is 0 Å². The van der Waals surface area contributed by atoms with Gasteiger partial charge in [0.2, 0.25) is 0 Å². The molecule has 0 spiro atoms. The molecule has 0 aromatic heterocycles. The van der Waals surface area contributed by atoms with Gasteiger partial charge in [-0.15, -0.1) is 0 Å². The molecule has 1 saturated heterocycles. The lowest BCUT2D eigenvalue weighted by Gasteiger charge is -2.45. The van der Waals surface area contributed by atoms with Crippen LogP contribution in [0.4, 0.5) is 0 Å². The van der Waals surface area contributed by atoms with Gasteiger partial charge in [0.05, 0.1) is 0 Å². The van der Waals surface area contributed by atoms with E-state index >= 15 is 0 Å². The number of rotatable bonds is 0. The Labute approximate surface area is 56.8 Å². The fourth-order valence-electron chi connectivity index (χ4n) is 2.48. The first-order valence-corrected chi connectivity index (χ1v) is 4.04. The van der Waals surface area contributed by atoms with Crippen LogP contribution in [-0.2, 0) is 0 Å². The van der Waals surface area contributed by atoms with E-state index in [9.17, 15) is 0 Å². The number of hydrogen-bond donors (Lipinski definition) is 1. The summed E-state index contributed by atoms with van der Waals surface area (Å²) in [6.45, 7) is 6.02. The van der Waals surface area contributed by atoms with Gasteiger partial charge in [-0.3, -0.25) is 0 Å². The van der Waals surface area contributed by atoms with Crippen LogP contribution in [0, 0.1) is 17.8 Å². The molecule has 1 saturated carbocycles. The van der Waals surface area contributed by atoms with Crippen LogP contribution < -0.4 is 5.32 Å². The smallest absolute Gasteiger partial charge is 0.0127 e. The average molecular weight is 125 g/mol. The van der Waals surface area contributed by atoms with Gasteiger partial charge in [0.15, 0.2) is 0 Å². The average Bonchev–Trinajstić information content (AvgIpc) is 2.30. The van der Waals surface area contributed by atoms with Crippen molar-refractivity contribution in [1.29, 1.82) is 0 Å². The molecule has 1 nitrogen and oxygen atoms in total. The van der Waals surface area contributed by atoms with Crippen LogP contribution in [0.15, 0.2) is 0 Å². The maximum absolute atomic E-state index is 3.54. The van der Waals surface area contributed by atoms with E-state index in [0.29, 0.717) is 0 Å². The molecule has 1 heterocycles. The second-order valence-corrected chi connectivity index (χ2v) is 3.65. The van der Waals surface area contributed by atoms with Gasteiger partial charge in [0.25, 0.3) is 0 Å². The third kappa shape index (κ3) is 0.586. The lowest BCUT2D eigenvalue weighted by atomic mass is 9.63. The molecule has 1 aliphatic carbocycles. The van der Waals surface area contributed by atoms with Crippen LogP contribution in [0.25, 0.3) is 0 Å². The van der Waals surface area contributed by atoms with Crippen molar-refractivity contribution in [3.8, 4) is 0 Å². The van der Waals surface area contributed by atoms with Crippen molar-refractivity contribution in [3.63, 3.8) is 0 Å². The molecule has 0 radical (unpaired) electrons. The van der Waals surface area contributed by atoms with Gasteiger partial charge in [-0.1, -0.05) is 13.8 Å². The molecule has 1 aliphatic heterocycles. The fourth-order valence-corrected chi connectivity index (χ4v) is 2.48. The predicted octanol–water partition coefficient (Wildman–Crippen LogP) is 1.25. The highest BCUT2D eigenvalue weighted by Crippen LogP contribution is 2.44. The Hall–Kier alpha value is -0.0400. The lowest BCUT2D eigenvalue weighted by molar-refractivity contribution is 0.0767. The minimum Gasteiger partial charge on any atom is -0.313 e. The summed E-state index contributed by atoms with van der Waals surface area (Å²) in [4.78, 5) is 0. The summed E-state index contributed by atoms with van der Waals surface area (Å²) in [5.41, 5.74) is 0. The monoisotopic (exact) mass is 125 g/mol. The second-order valence-electron chi connectivity index (χ2n) is 3.65. The van der Waals surface area contributed by atoms with Crippen LogP contribution >= 0.6 is 0 Å². The van der Waals surface area contributed by atoms with Gasteiger partial charge in [-0.05, 0) is 30.7 Å². The zero-order valence-corrected chi connectivity index (χ0v) is 6.22. The molecule has 0 aromatic carbocycles. The Bertz CT molecular complexity index is 108. The summed E-state index contributed by atoms with van der Waals surface area (Å²) in [6.07, 6.45) is 1.43. The molecular formula is C8H15N. The summed E-state index contributed by atoms with van der Waals surface area (Å²) in [5, 5.41) is 3.54. The minimum atomic E-state index is 0.889. The predicted molar refractivity (Wildman–Crippen MR) is 38.2 cm³/mol. The van der Waals surface area contributed by atoms with Gasteiger partial charge in [0, 0.05) is 6.04 Å². The van der Waals surface area contributed by atoms with Gasteiger partial charge in [-0.2, -0.15) is 0 Å². The largest absolute Gasteiger partial charge is 0.313 e. The maximum Gasteiger partial charge on any atom is 0.0127 e. The fraction of sp³-hybridized carbons (Fsp3) is 1.00. The number of fused-ring (bicyclic) bond motifs is 1. The van der Waals surface area contributed by atoms with E-state index in [-0.39, 0.29) is 0 Å². The topological polar surface area (TPSA) is 12.0 Å². The Balaban J connectivity index is 2.06. The summed E-state index contributed by atoms with van der Waals surface area (Å²) >= 11 is 0. The molecule has 4 atom stereocenters. The van der Waals surface area contributed by atoms with E-state index < -0.39 is 0 Å². The molecule has 2 rings (SSSR count). The highest BCUT2D eigenvalue weighted by atomic mass is 15.0. The molecule has 0 bridgehead atoms. The van der Waals surface area contributed by atoms with Crippen LogP contribution in [0.5, 0.6) is 0 Å². The third-order valence-electron chi connectivity index (χ3n) is 3.39. The van der Waals surface area contributed by atoms with Crippen molar-refractivity contribution in [2.75, 3.05) is 6.54 Å². The van der Waals surface area contributed by atoms with E-state index in [1.54, 1.807) is 0 Å². The molecular weight excluding hydrogens is 110 g/mol. The number of nitrogens with one attached hydrogen (secondary N) is 1. The molecule has 4 unspecified atom stereocenters. The van der Waals surface area contributed by atoms with E-state index in [0.717, 1.165) is 23.8 Å². The molecule has 0 aromatic rings. The van der Waals surface area contributed by atoms with Crippen LogP contribution in [0.1, 0.15) is 20.3 Å². The Morgan fingerprint density at radius 1 is 1.22 bits per heavy atom. The van der Waals surface area contributed by atoms with Crippen molar-refractivity contribution in [1.82, 2.24) is 5.32 Å². The van der Waals surface area contributed by atoms with Gasteiger partial charge in [0.1, 0.15) is 0 Å². The summed E-state index contributed by atoms with van der Waals surface area (Å²) < 4.78 is 0. The Kier molecular flexibility index (Phi) is 1.10. The van der Waals surface area contributed by atoms with Crippen LogP contribution in [0.2, 0.25) is 0 Å². The van der Waals surface area contributed by atoms with Gasteiger partial charge < -0.3 is 5.32 Å². The van der Waals surface area contributed by atoms with E-state index in [1.165, 1.54) is 13.0 Å². The molecule has 0 amide bonds. The van der Waals surface area contributed by atoms with E-state index in [1.807, 2.05) is 0 Å². The first-order valence-electron chi connectivity index (χ1n) is 4.04. The first-order chi connectivity index (χ1) is 4.30. The summed E-state index contributed by atoms with van der Waals surface area (Å²) in [5.74, 6) is 2.96. The van der Waals surface area contributed by atoms with Crippen LogP contribution in [-0.4, -0.2) is 12.6 Å². The van der Waals surface area contributed by atoms with E-state index in [2.05, 4.69) is 19.2 Å². The standard InChI is InChI=1S/C8H15N/c1-5-6(2)8-7(5)3-4-9-8/h5-9H,3-4H2,1-2H3. The summed E-state index contributed by atoms with van der Waals surface area (Å²) in [6, 6.07) is 0.889. The Morgan fingerprint density at radius 3 is 2.67 bits per heavy atom. The molecule has 1 heteroatoms. The van der Waals surface area contributed by atoms with Crippen molar-refractivity contribution in [2.24, 2.45) is 17.8 Å². The molecule has 9 heavy (non-hydrogen) atoms. The normalized spacial score (nSPS) is 56.7.